The lowest BCUT2D eigenvalue weighted by molar-refractivity contribution is 0.0588. The van der Waals surface area contributed by atoms with Gasteiger partial charge in [0.05, 0.1) is 18.3 Å². The summed E-state index contributed by atoms with van der Waals surface area (Å²) in [5, 5.41) is 11.8. The van der Waals surface area contributed by atoms with Crippen LogP contribution in [0.3, 0.4) is 0 Å². The minimum absolute atomic E-state index is 0.139. The number of anilines is 1. The third-order valence-electron chi connectivity index (χ3n) is 2.46. The smallest absolute Gasteiger partial charge is 0.253 e. The molecule has 1 unspecified atom stereocenters. The predicted molar refractivity (Wildman–Crippen MR) is 65.6 cm³/mol. The molecule has 0 aliphatic heterocycles. The first-order valence-electron chi connectivity index (χ1n) is 5.65. The Morgan fingerprint density at radius 2 is 2.11 bits per heavy atom. The van der Waals surface area contributed by atoms with E-state index in [4.69, 9.17) is 10.5 Å². The van der Waals surface area contributed by atoms with Crippen molar-refractivity contribution in [3.63, 3.8) is 0 Å². The number of aliphatic hydroxyl groups is 1. The number of benzene rings is 1. The summed E-state index contributed by atoms with van der Waals surface area (Å²) in [5.74, 6) is -2.87. The van der Waals surface area contributed by atoms with Gasteiger partial charge >= 0.3 is 0 Å². The number of methoxy groups -OCH3 is 1. The number of hydrogen-bond acceptors (Lipinski definition) is 4. The number of halogens is 2. The summed E-state index contributed by atoms with van der Waals surface area (Å²) in [6, 6.07) is 1.50. The van der Waals surface area contributed by atoms with Crippen molar-refractivity contribution in [3.8, 4) is 0 Å². The normalized spacial score (nSPS) is 12.2. The lowest BCUT2D eigenvalue weighted by atomic mass is 10.1. The Morgan fingerprint density at radius 3 is 2.74 bits per heavy atom. The highest BCUT2D eigenvalue weighted by Gasteiger charge is 2.14. The summed E-state index contributed by atoms with van der Waals surface area (Å²) >= 11 is 0. The fourth-order valence-electron chi connectivity index (χ4n) is 1.48. The van der Waals surface area contributed by atoms with Gasteiger partial charge in [0.2, 0.25) is 0 Å². The molecule has 0 spiro atoms. The van der Waals surface area contributed by atoms with Gasteiger partial charge in [-0.1, -0.05) is 0 Å². The number of rotatable bonds is 6. The highest BCUT2D eigenvalue weighted by Crippen LogP contribution is 2.16. The maximum Gasteiger partial charge on any atom is 0.253 e. The molecule has 19 heavy (non-hydrogen) atoms. The van der Waals surface area contributed by atoms with E-state index in [9.17, 15) is 18.7 Å². The van der Waals surface area contributed by atoms with Crippen molar-refractivity contribution in [3.05, 3.63) is 29.3 Å². The third kappa shape index (κ3) is 4.46. The monoisotopic (exact) mass is 274 g/mol. The zero-order valence-corrected chi connectivity index (χ0v) is 10.5. The standard InChI is InChI=1S/C12H16F2N2O3/c1-19-6-7(17)2-3-16-12(18)8-4-9(13)10(14)5-11(8)15/h4-5,7,17H,2-3,6,15H2,1H3,(H,16,18). The number of carbonyl (C=O) groups is 1. The molecule has 5 nitrogen and oxygen atoms in total. The Hall–Kier alpha value is -1.73. The van der Waals surface area contributed by atoms with Crippen LogP contribution in [0.4, 0.5) is 14.5 Å². The molecule has 0 aliphatic rings. The van der Waals surface area contributed by atoms with E-state index in [0.717, 1.165) is 12.1 Å². The summed E-state index contributed by atoms with van der Waals surface area (Å²) < 4.78 is 30.6. The molecule has 7 heteroatoms. The topological polar surface area (TPSA) is 84.6 Å². The number of hydrogen-bond donors (Lipinski definition) is 3. The minimum atomic E-state index is -1.14. The lowest BCUT2D eigenvalue weighted by Crippen LogP contribution is -2.29. The average Bonchev–Trinajstić information content (AvgIpc) is 2.34. The fraction of sp³-hybridized carbons (Fsp3) is 0.417. The second kappa shape index (κ2) is 7.01. The predicted octanol–water partition coefficient (Wildman–Crippen LogP) is 0.674. The van der Waals surface area contributed by atoms with Crippen LogP contribution in [-0.2, 0) is 4.74 Å². The second-order valence-electron chi connectivity index (χ2n) is 4.01. The number of nitrogens with two attached hydrogens (primary N) is 1. The van der Waals surface area contributed by atoms with E-state index in [0.29, 0.717) is 0 Å². The van der Waals surface area contributed by atoms with Crippen LogP contribution in [0.15, 0.2) is 12.1 Å². The molecular weight excluding hydrogens is 258 g/mol. The van der Waals surface area contributed by atoms with Gasteiger partial charge in [0.1, 0.15) is 0 Å². The molecule has 1 aromatic carbocycles. The van der Waals surface area contributed by atoms with Crippen LogP contribution in [0.2, 0.25) is 0 Å². The highest BCUT2D eigenvalue weighted by molar-refractivity contribution is 5.99. The van der Waals surface area contributed by atoms with Crippen LogP contribution in [0.1, 0.15) is 16.8 Å². The van der Waals surface area contributed by atoms with Crippen molar-refractivity contribution in [1.82, 2.24) is 5.32 Å². The molecular formula is C12H16F2N2O3. The van der Waals surface area contributed by atoms with Crippen molar-refractivity contribution in [2.24, 2.45) is 0 Å². The summed E-state index contributed by atoms with van der Waals surface area (Å²) in [5.41, 5.74) is 5.15. The van der Waals surface area contributed by atoms with Crippen molar-refractivity contribution in [2.45, 2.75) is 12.5 Å². The van der Waals surface area contributed by atoms with Gasteiger partial charge in [-0.3, -0.25) is 4.79 Å². The Labute approximate surface area is 109 Å². The van der Waals surface area contributed by atoms with Crippen molar-refractivity contribution < 1.29 is 23.4 Å². The van der Waals surface area contributed by atoms with Crippen LogP contribution in [0, 0.1) is 11.6 Å². The average molecular weight is 274 g/mol. The molecule has 1 aromatic rings. The Balaban J connectivity index is 2.57. The number of amides is 1. The molecule has 0 heterocycles. The largest absolute Gasteiger partial charge is 0.398 e. The molecule has 0 aromatic heterocycles. The van der Waals surface area contributed by atoms with E-state index < -0.39 is 23.6 Å². The van der Waals surface area contributed by atoms with Crippen LogP contribution >= 0.6 is 0 Å². The molecule has 0 bridgehead atoms. The van der Waals surface area contributed by atoms with Crippen LogP contribution in [0.25, 0.3) is 0 Å². The van der Waals surface area contributed by atoms with Crippen molar-refractivity contribution in [2.75, 3.05) is 26.0 Å². The Bertz CT molecular complexity index is 455. The number of ether oxygens (including phenoxy) is 1. The maximum absolute atomic E-state index is 13.0. The second-order valence-corrected chi connectivity index (χ2v) is 4.01. The summed E-state index contributed by atoms with van der Waals surface area (Å²) in [6.45, 7) is 0.324. The van der Waals surface area contributed by atoms with Gasteiger partial charge in [-0.15, -0.1) is 0 Å². The molecule has 0 aliphatic carbocycles. The molecule has 0 fully saturated rings. The quantitative estimate of drug-likeness (QED) is 0.666. The lowest BCUT2D eigenvalue weighted by Gasteiger charge is -2.11. The molecule has 4 N–H and O–H groups in total. The minimum Gasteiger partial charge on any atom is -0.398 e. The van der Waals surface area contributed by atoms with E-state index in [-0.39, 0.29) is 30.8 Å². The third-order valence-corrected chi connectivity index (χ3v) is 2.46. The van der Waals surface area contributed by atoms with Gasteiger partial charge in [-0.25, -0.2) is 8.78 Å². The highest BCUT2D eigenvalue weighted by atomic mass is 19.2. The molecule has 1 rings (SSSR count). The number of carbonyl (C=O) groups excluding carboxylic acids is 1. The molecule has 106 valence electrons. The summed E-state index contributed by atoms with van der Waals surface area (Å²) in [7, 11) is 1.45. The van der Waals surface area contributed by atoms with Crippen LogP contribution < -0.4 is 11.1 Å². The molecule has 1 atom stereocenters. The van der Waals surface area contributed by atoms with Gasteiger partial charge < -0.3 is 20.9 Å². The van der Waals surface area contributed by atoms with Crippen molar-refractivity contribution >= 4 is 11.6 Å². The SMILES string of the molecule is COCC(O)CCNC(=O)c1cc(F)c(F)cc1N. The number of nitrogens with one attached hydrogen (secondary N) is 1. The molecule has 0 radical (unpaired) electrons. The number of aliphatic hydroxyl groups excluding tert-OH is 1. The summed E-state index contributed by atoms with van der Waals surface area (Å²) in [6.07, 6.45) is -0.420. The van der Waals surface area contributed by atoms with Gasteiger partial charge in [-0.05, 0) is 12.5 Å². The van der Waals surface area contributed by atoms with Crippen LogP contribution in [0.5, 0.6) is 0 Å². The van der Waals surface area contributed by atoms with E-state index >= 15 is 0 Å². The van der Waals surface area contributed by atoms with Gasteiger partial charge in [-0.2, -0.15) is 0 Å². The van der Waals surface area contributed by atoms with E-state index in [2.05, 4.69) is 5.32 Å². The van der Waals surface area contributed by atoms with Gasteiger partial charge in [0.15, 0.2) is 11.6 Å². The van der Waals surface area contributed by atoms with E-state index in [1.54, 1.807) is 0 Å². The van der Waals surface area contributed by atoms with Gasteiger partial charge in [0, 0.05) is 25.4 Å². The zero-order chi connectivity index (χ0) is 14.4. The molecule has 1 amide bonds. The fourth-order valence-corrected chi connectivity index (χ4v) is 1.48. The van der Waals surface area contributed by atoms with E-state index in [1.165, 1.54) is 7.11 Å². The van der Waals surface area contributed by atoms with E-state index in [1.807, 2.05) is 0 Å². The first kappa shape index (κ1) is 15.3. The summed E-state index contributed by atoms with van der Waals surface area (Å²) in [4.78, 5) is 11.7. The zero-order valence-electron chi connectivity index (χ0n) is 10.5. The first-order chi connectivity index (χ1) is 8.95. The Morgan fingerprint density at radius 1 is 1.47 bits per heavy atom. The molecule has 0 saturated heterocycles. The first-order valence-corrected chi connectivity index (χ1v) is 5.65. The Kier molecular flexibility index (Phi) is 5.65. The number of nitrogen functional groups attached to an aromatic ring is 1. The van der Waals surface area contributed by atoms with Gasteiger partial charge in [0.25, 0.3) is 5.91 Å². The van der Waals surface area contributed by atoms with Crippen LogP contribution in [-0.4, -0.2) is 37.4 Å². The van der Waals surface area contributed by atoms with Crippen molar-refractivity contribution in [1.29, 1.82) is 0 Å². The molecule has 0 saturated carbocycles. The maximum atomic E-state index is 13.0.